The molecular formula is C47H28N4O2. The van der Waals surface area contributed by atoms with Crippen LogP contribution in [0.5, 0.6) is 0 Å². The fourth-order valence-corrected chi connectivity index (χ4v) is 6.51. The van der Waals surface area contributed by atoms with Gasteiger partial charge in [-0.2, -0.15) is 5.26 Å². The van der Waals surface area contributed by atoms with E-state index in [1.54, 1.807) is 77.7 Å². The first-order valence-electron chi connectivity index (χ1n) is 19.9. The van der Waals surface area contributed by atoms with Crippen molar-refractivity contribution in [2.75, 3.05) is 4.90 Å². The maximum atomic E-state index is 9.69. The van der Waals surface area contributed by atoms with Crippen molar-refractivity contribution in [1.82, 2.24) is 9.97 Å². The zero-order valence-electron chi connectivity index (χ0n) is 33.8. The number of aromatic nitrogens is 2. The number of anilines is 3. The second-order valence-corrected chi connectivity index (χ2v) is 12.5. The summed E-state index contributed by atoms with van der Waals surface area (Å²) in [6, 6.07) is 40.3. The second-order valence-electron chi connectivity index (χ2n) is 12.5. The minimum absolute atomic E-state index is 0.0363. The van der Waals surface area contributed by atoms with Gasteiger partial charge in [0.05, 0.1) is 19.9 Å². The number of nitriles is 1. The van der Waals surface area contributed by atoms with Gasteiger partial charge in [0.25, 0.3) is 0 Å². The minimum atomic E-state index is -0.366. The van der Waals surface area contributed by atoms with E-state index in [2.05, 4.69) is 16.0 Å². The fraction of sp³-hybridized carbons (Fsp3) is 0. The molecule has 6 heteroatoms. The SMILES string of the molecule is [2H]c1c(N(c2ccc3nc(-c4ccccc4)oc3c2)c2ccc3nc(-c4ccccc4)oc3c2)c([2H])c2c([2H])c([2H])c(-c3ccc4cc(C#N)ccc4c3)c([2H])c2c1[2H]. The molecule has 2 heterocycles. The van der Waals surface area contributed by atoms with Crippen LogP contribution in [0.1, 0.15) is 13.8 Å². The zero-order valence-corrected chi connectivity index (χ0v) is 27.8. The minimum Gasteiger partial charge on any atom is -0.436 e. The Labute approximate surface area is 312 Å². The molecule has 0 N–H and O–H groups in total. The molecule has 0 unspecified atom stereocenters. The molecule has 0 saturated heterocycles. The highest BCUT2D eigenvalue weighted by Crippen LogP contribution is 2.40. The van der Waals surface area contributed by atoms with Crippen LogP contribution < -0.4 is 4.90 Å². The number of nitrogens with zero attached hydrogens (tertiary/aromatic N) is 4. The summed E-state index contributed by atoms with van der Waals surface area (Å²) in [7, 11) is 0. The molecule has 0 aliphatic heterocycles. The number of rotatable bonds is 6. The molecule has 0 atom stereocenters. The molecule has 6 nitrogen and oxygen atoms in total. The van der Waals surface area contributed by atoms with Gasteiger partial charge in [-0.15, -0.1) is 0 Å². The van der Waals surface area contributed by atoms with Gasteiger partial charge in [0.2, 0.25) is 11.8 Å². The number of fused-ring (bicyclic) bond motifs is 4. The largest absolute Gasteiger partial charge is 0.436 e. The van der Waals surface area contributed by atoms with Crippen LogP contribution in [-0.2, 0) is 0 Å². The van der Waals surface area contributed by atoms with Gasteiger partial charge in [0.15, 0.2) is 11.2 Å². The summed E-state index contributed by atoms with van der Waals surface area (Å²) in [5, 5.41) is 10.8. The van der Waals surface area contributed by atoms with Crippen LogP contribution in [0.25, 0.3) is 77.8 Å². The first kappa shape index (κ1) is 24.6. The number of oxazole rings is 2. The summed E-state index contributed by atoms with van der Waals surface area (Å²) in [6.07, 6.45) is 0. The molecule has 8 aromatic carbocycles. The molecule has 248 valence electrons. The van der Waals surface area contributed by atoms with E-state index in [0.29, 0.717) is 56.5 Å². The fourth-order valence-electron chi connectivity index (χ4n) is 6.51. The van der Waals surface area contributed by atoms with E-state index in [4.69, 9.17) is 8.83 Å². The summed E-state index contributed by atoms with van der Waals surface area (Å²) >= 11 is 0. The van der Waals surface area contributed by atoms with Gasteiger partial charge in [-0.1, -0.05) is 72.7 Å². The average molecular weight is 687 g/mol. The standard InChI is InChI=1S/C47H28N4O2/c48-29-30-11-12-34-24-35(14-13-33(34)23-30)36-15-16-38-26-39(18-17-37(38)25-36)51(40-19-21-42-44(27-40)52-46(49-42)31-7-3-1-4-8-31)41-20-22-43-45(28-41)53-47(50-43)32-9-5-2-6-10-32/h1-28H/i15D,16D,17D,18D,25D,26D. The van der Waals surface area contributed by atoms with Crippen molar-refractivity contribution in [1.29, 1.82) is 5.26 Å². The van der Waals surface area contributed by atoms with Crippen molar-refractivity contribution < 1.29 is 17.1 Å². The Morgan fingerprint density at radius 2 is 1.08 bits per heavy atom. The van der Waals surface area contributed by atoms with Crippen LogP contribution >= 0.6 is 0 Å². The van der Waals surface area contributed by atoms with Crippen molar-refractivity contribution in [3.63, 3.8) is 0 Å². The highest BCUT2D eigenvalue weighted by Gasteiger charge is 2.18. The highest BCUT2D eigenvalue weighted by atomic mass is 16.4. The number of hydrogen-bond donors (Lipinski definition) is 0. The molecule has 10 rings (SSSR count). The van der Waals surface area contributed by atoms with E-state index in [1.165, 1.54) is 0 Å². The predicted octanol–water partition coefficient (Wildman–Crippen LogP) is 12.6. The highest BCUT2D eigenvalue weighted by molar-refractivity contribution is 5.95. The molecule has 0 radical (unpaired) electrons. The monoisotopic (exact) mass is 686 g/mol. The van der Waals surface area contributed by atoms with Crippen LogP contribution in [0, 0.1) is 11.3 Å². The lowest BCUT2D eigenvalue weighted by atomic mass is 9.97. The van der Waals surface area contributed by atoms with E-state index in [9.17, 15) is 13.5 Å². The van der Waals surface area contributed by atoms with Crippen LogP contribution in [0.4, 0.5) is 17.1 Å². The van der Waals surface area contributed by atoms with Crippen molar-refractivity contribution in [2.45, 2.75) is 0 Å². The van der Waals surface area contributed by atoms with Crippen molar-refractivity contribution in [3.05, 3.63) is 175 Å². The molecule has 0 spiro atoms. The lowest BCUT2D eigenvalue weighted by molar-refractivity contribution is 0.620. The summed E-state index contributed by atoms with van der Waals surface area (Å²) in [5.41, 5.74) is 5.61. The molecular weight excluding hydrogens is 653 g/mol. The van der Waals surface area contributed by atoms with Crippen LogP contribution in [0.3, 0.4) is 0 Å². The average Bonchev–Trinajstić information content (AvgIpc) is 3.90. The first-order valence-corrected chi connectivity index (χ1v) is 16.9. The quantitative estimate of drug-likeness (QED) is 0.173. The van der Waals surface area contributed by atoms with Crippen molar-refractivity contribution >= 4 is 60.8 Å². The topological polar surface area (TPSA) is 79.1 Å². The Morgan fingerprint density at radius 3 is 1.72 bits per heavy atom. The van der Waals surface area contributed by atoms with Gasteiger partial charge >= 0.3 is 0 Å². The van der Waals surface area contributed by atoms with Gasteiger partial charge in [-0.25, -0.2) is 9.97 Å². The Kier molecular flexibility index (Phi) is 5.75. The zero-order chi connectivity index (χ0) is 40.5. The molecule has 0 fully saturated rings. The molecule has 2 aromatic heterocycles. The van der Waals surface area contributed by atoms with E-state index in [0.717, 1.165) is 21.9 Å². The Balaban J connectivity index is 1.19. The smallest absolute Gasteiger partial charge is 0.227 e. The van der Waals surface area contributed by atoms with Gasteiger partial charge in [-0.05, 0) is 118 Å². The molecule has 0 aliphatic rings. The first-order chi connectivity index (χ1) is 28.7. The molecule has 0 bridgehead atoms. The van der Waals surface area contributed by atoms with E-state index >= 15 is 0 Å². The normalized spacial score (nSPS) is 13.0. The van der Waals surface area contributed by atoms with Crippen LogP contribution in [0.15, 0.2) is 179 Å². The van der Waals surface area contributed by atoms with Gasteiger partial charge in [0, 0.05) is 40.3 Å². The van der Waals surface area contributed by atoms with Gasteiger partial charge < -0.3 is 13.7 Å². The predicted molar refractivity (Wildman–Crippen MR) is 212 cm³/mol. The number of benzene rings is 8. The summed E-state index contributed by atoms with van der Waals surface area (Å²) in [5.74, 6) is 0.836. The van der Waals surface area contributed by atoms with Crippen molar-refractivity contribution in [3.8, 4) is 40.1 Å². The second kappa shape index (κ2) is 12.4. The van der Waals surface area contributed by atoms with Gasteiger partial charge in [0.1, 0.15) is 11.0 Å². The van der Waals surface area contributed by atoms with E-state index in [1.807, 2.05) is 60.7 Å². The third-order valence-corrected chi connectivity index (χ3v) is 9.15. The van der Waals surface area contributed by atoms with Gasteiger partial charge in [-0.3, -0.25) is 0 Å². The van der Waals surface area contributed by atoms with E-state index < -0.39 is 0 Å². The van der Waals surface area contributed by atoms with Crippen LogP contribution in [-0.4, -0.2) is 9.97 Å². The van der Waals surface area contributed by atoms with E-state index in [-0.39, 0.29) is 58.3 Å². The number of hydrogen-bond acceptors (Lipinski definition) is 6. The maximum Gasteiger partial charge on any atom is 0.227 e. The summed E-state index contributed by atoms with van der Waals surface area (Å²) in [6.45, 7) is 0. The third-order valence-electron chi connectivity index (χ3n) is 9.15. The Bertz CT molecular complexity index is 3260. The summed E-state index contributed by atoms with van der Waals surface area (Å²) in [4.78, 5) is 11.0. The molecule has 10 aromatic rings. The molecule has 0 saturated carbocycles. The Hall–Kier alpha value is -7.49. The molecule has 0 aliphatic carbocycles. The Morgan fingerprint density at radius 1 is 0.491 bits per heavy atom. The lowest BCUT2D eigenvalue weighted by Gasteiger charge is -2.25. The molecule has 53 heavy (non-hydrogen) atoms. The lowest BCUT2D eigenvalue weighted by Crippen LogP contribution is -2.09. The van der Waals surface area contributed by atoms with Crippen molar-refractivity contribution in [2.24, 2.45) is 0 Å². The third kappa shape index (κ3) is 5.54. The van der Waals surface area contributed by atoms with Crippen LogP contribution in [0.2, 0.25) is 0 Å². The maximum absolute atomic E-state index is 9.69. The molecule has 0 amide bonds. The summed E-state index contributed by atoms with van der Waals surface area (Å²) < 4.78 is 68.9.